The Morgan fingerprint density at radius 1 is 1.18 bits per heavy atom. The van der Waals surface area contributed by atoms with Crippen LogP contribution in [0.2, 0.25) is 0 Å². The fourth-order valence-corrected chi connectivity index (χ4v) is 3.86. The minimum absolute atomic E-state index is 0.00753. The molecule has 2 aromatic heterocycles. The van der Waals surface area contributed by atoms with Crippen molar-refractivity contribution in [2.45, 2.75) is 58.4 Å². The Hall–Kier alpha value is -2.90. The summed E-state index contributed by atoms with van der Waals surface area (Å²) >= 11 is 0. The first-order chi connectivity index (χ1) is 13.5. The second-order valence-corrected chi connectivity index (χ2v) is 7.30. The zero-order valence-electron chi connectivity index (χ0n) is 16.2. The average molecular weight is 386 g/mol. The zero-order valence-corrected chi connectivity index (χ0v) is 16.2. The molecule has 1 fully saturated rings. The molecule has 0 spiro atoms. The van der Waals surface area contributed by atoms with Crippen molar-refractivity contribution >= 4 is 17.7 Å². The molecule has 0 aliphatic heterocycles. The lowest BCUT2D eigenvalue weighted by molar-refractivity contribution is -0.119. The molecule has 0 bridgehead atoms. The predicted molar refractivity (Wildman–Crippen MR) is 104 cm³/mol. The molecular weight excluding hydrogens is 360 g/mol. The monoisotopic (exact) mass is 386 g/mol. The van der Waals surface area contributed by atoms with E-state index in [2.05, 4.69) is 20.8 Å². The summed E-state index contributed by atoms with van der Waals surface area (Å²) in [6, 6.07) is 2.77. The van der Waals surface area contributed by atoms with Gasteiger partial charge >= 0.3 is 6.09 Å². The summed E-state index contributed by atoms with van der Waals surface area (Å²) in [6.45, 7) is 3.67. The van der Waals surface area contributed by atoms with Crippen LogP contribution >= 0.6 is 0 Å². The first-order valence-corrected chi connectivity index (χ1v) is 9.65. The molecule has 0 aromatic carbocycles. The van der Waals surface area contributed by atoms with Gasteiger partial charge in [-0.1, -0.05) is 30.8 Å². The first-order valence-electron chi connectivity index (χ1n) is 9.65. The third-order valence-corrected chi connectivity index (χ3v) is 5.25. The van der Waals surface area contributed by atoms with Crippen LogP contribution in [-0.2, 0) is 4.79 Å². The third-order valence-electron chi connectivity index (χ3n) is 5.25. The number of rotatable bonds is 5. The van der Waals surface area contributed by atoms with Gasteiger partial charge in [0, 0.05) is 0 Å². The van der Waals surface area contributed by atoms with Gasteiger partial charge in [-0.25, -0.2) is 4.79 Å². The van der Waals surface area contributed by atoms with Gasteiger partial charge in [0.05, 0.1) is 28.8 Å². The van der Waals surface area contributed by atoms with Crippen molar-refractivity contribution in [3.63, 3.8) is 0 Å². The molecule has 8 nitrogen and oxygen atoms in total. The number of aryl methyl sites for hydroxylation is 2. The molecule has 2 heterocycles. The van der Waals surface area contributed by atoms with Crippen LogP contribution in [0, 0.1) is 19.8 Å². The molecule has 28 heavy (non-hydrogen) atoms. The SMILES string of the molecule is Cc1noc(C)c1-c1ccc(NC(=O)C(NC(=O)O)C2CCCCCC2)cn1. The highest BCUT2D eigenvalue weighted by molar-refractivity contribution is 5.96. The number of carboxylic acid groups (broad SMARTS) is 1. The van der Waals surface area contributed by atoms with Gasteiger partial charge in [0.15, 0.2) is 0 Å². The molecule has 1 aliphatic rings. The molecule has 1 unspecified atom stereocenters. The molecule has 150 valence electrons. The van der Waals surface area contributed by atoms with E-state index in [9.17, 15) is 14.7 Å². The van der Waals surface area contributed by atoms with E-state index >= 15 is 0 Å². The number of carbonyl (C=O) groups excluding carboxylic acids is 1. The highest BCUT2D eigenvalue weighted by Crippen LogP contribution is 2.28. The first kappa shape index (κ1) is 19.9. The van der Waals surface area contributed by atoms with E-state index in [0.29, 0.717) is 17.1 Å². The molecule has 3 N–H and O–H groups in total. The number of nitrogens with one attached hydrogen (secondary N) is 2. The smallest absolute Gasteiger partial charge is 0.405 e. The van der Waals surface area contributed by atoms with Crippen LogP contribution in [0.15, 0.2) is 22.9 Å². The Kier molecular flexibility index (Phi) is 6.28. The zero-order chi connectivity index (χ0) is 20.1. The average Bonchev–Trinajstić information content (AvgIpc) is 2.86. The summed E-state index contributed by atoms with van der Waals surface area (Å²) < 4.78 is 5.17. The molecule has 2 aromatic rings. The highest BCUT2D eigenvalue weighted by atomic mass is 16.5. The number of nitrogens with zero attached hydrogens (tertiary/aromatic N) is 2. The number of hydrogen-bond donors (Lipinski definition) is 3. The van der Waals surface area contributed by atoms with Gasteiger partial charge in [-0.05, 0) is 44.7 Å². The predicted octanol–water partition coefficient (Wildman–Crippen LogP) is 3.90. The lowest BCUT2D eigenvalue weighted by Crippen LogP contribution is -2.48. The Balaban J connectivity index is 1.73. The maximum atomic E-state index is 12.8. The maximum absolute atomic E-state index is 12.8. The van der Waals surface area contributed by atoms with Crippen LogP contribution in [0.25, 0.3) is 11.3 Å². The molecular formula is C20H26N4O4. The molecule has 2 amide bonds. The Morgan fingerprint density at radius 3 is 2.43 bits per heavy atom. The Bertz CT molecular complexity index is 804. The molecule has 1 atom stereocenters. The van der Waals surface area contributed by atoms with E-state index in [1.54, 1.807) is 18.3 Å². The van der Waals surface area contributed by atoms with Gasteiger partial charge in [-0.2, -0.15) is 0 Å². The molecule has 1 aliphatic carbocycles. The van der Waals surface area contributed by atoms with Crippen LogP contribution < -0.4 is 10.6 Å². The molecule has 8 heteroatoms. The van der Waals surface area contributed by atoms with Crippen molar-refractivity contribution in [2.24, 2.45) is 5.92 Å². The van der Waals surface area contributed by atoms with Crippen molar-refractivity contribution < 1.29 is 19.2 Å². The van der Waals surface area contributed by atoms with Crippen LogP contribution in [0.1, 0.15) is 50.0 Å². The van der Waals surface area contributed by atoms with E-state index in [1.807, 2.05) is 13.8 Å². The standard InChI is InChI=1S/C20H26N4O4/c1-12-17(13(2)28-24-12)16-10-9-15(11-21-16)22-19(25)18(23-20(26)27)14-7-5-3-4-6-8-14/h9-11,14,18,23H,3-8H2,1-2H3,(H,22,25)(H,26,27). The van der Waals surface area contributed by atoms with Crippen molar-refractivity contribution in [2.75, 3.05) is 5.32 Å². The van der Waals surface area contributed by atoms with Gasteiger partial charge in [0.2, 0.25) is 5.91 Å². The van der Waals surface area contributed by atoms with Gasteiger partial charge in [0.25, 0.3) is 0 Å². The van der Waals surface area contributed by atoms with Crippen molar-refractivity contribution in [3.8, 4) is 11.3 Å². The number of pyridine rings is 1. The van der Waals surface area contributed by atoms with Gasteiger partial charge in [0.1, 0.15) is 11.8 Å². The van der Waals surface area contributed by atoms with Crippen LogP contribution in [0.3, 0.4) is 0 Å². The summed E-state index contributed by atoms with van der Waals surface area (Å²) in [4.78, 5) is 28.4. The Morgan fingerprint density at radius 2 is 1.89 bits per heavy atom. The third kappa shape index (κ3) is 4.68. The number of hydrogen-bond acceptors (Lipinski definition) is 5. The number of amides is 2. The van der Waals surface area contributed by atoms with Crippen molar-refractivity contribution in [3.05, 3.63) is 29.8 Å². The maximum Gasteiger partial charge on any atom is 0.405 e. The summed E-state index contributed by atoms with van der Waals surface area (Å²) in [5.41, 5.74) is 2.81. The van der Waals surface area contributed by atoms with Gasteiger partial charge in [-0.3, -0.25) is 9.78 Å². The topological polar surface area (TPSA) is 117 Å². The second-order valence-electron chi connectivity index (χ2n) is 7.30. The van der Waals surface area contributed by atoms with Crippen LogP contribution in [0.5, 0.6) is 0 Å². The highest BCUT2D eigenvalue weighted by Gasteiger charge is 2.30. The van der Waals surface area contributed by atoms with Crippen LogP contribution in [0.4, 0.5) is 10.5 Å². The van der Waals surface area contributed by atoms with Crippen LogP contribution in [-0.4, -0.2) is 33.3 Å². The second kappa shape index (κ2) is 8.86. The van der Waals surface area contributed by atoms with Gasteiger partial charge in [-0.15, -0.1) is 0 Å². The lowest BCUT2D eigenvalue weighted by atomic mass is 9.91. The molecule has 0 radical (unpaired) electrons. The summed E-state index contributed by atoms with van der Waals surface area (Å²) in [6.07, 6.45) is 6.37. The summed E-state index contributed by atoms with van der Waals surface area (Å²) in [5, 5.41) is 18.3. The minimum atomic E-state index is -1.18. The van der Waals surface area contributed by atoms with Crippen molar-refractivity contribution in [1.29, 1.82) is 0 Å². The van der Waals surface area contributed by atoms with E-state index in [1.165, 1.54) is 0 Å². The fraction of sp³-hybridized carbons (Fsp3) is 0.500. The van der Waals surface area contributed by atoms with E-state index in [0.717, 1.165) is 49.8 Å². The van der Waals surface area contributed by atoms with E-state index < -0.39 is 12.1 Å². The Labute approximate surface area is 163 Å². The van der Waals surface area contributed by atoms with E-state index in [-0.39, 0.29) is 11.8 Å². The molecule has 1 saturated carbocycles. The van der Waals surface area contributed by atoms with Crippen molar-refractivity contribution in [1.82, 2.24) is 15.5 Å². The molecule has 3 rings (SSSR count). The fourth-order valence-electron chi connectivity index (χ4n) is 3.86. The largest absolute Gasteiger partial charge is 0.465 e. The van der Waals surface area contributed by atoms with Gasteiger partial charge < -0.3 is 20.3 Å². The lowest BCUT2D eigenvalue weighted by Gasteiger charge is -2.25. The van der Waals surface area contributed by atoms with E-state index in [4.69, 9.17) is 4.52 Å². The normalized spacial score (nSPS) is 16.2. The number of carbonyl (C=O) groups is 2. The minimum Gasteiger partial charge on any atom is -0.465 e. The number of aromatic nitrogens is 2. The quantitative estimate of drug-likeness (QED) is 0.671. The molecule has 0 saturated heterocycles. The number of anilines is 1. The summed E-state index contributed by atoms with van der Waals surface area (Å²) in [7, 11) is 0. The summed E-state index contributed by atoms with van der Waals surface area (Å²) in [5.74, 6) is 0.343.